The Kier molecular flexibility index (Phi) is 6.71. The van der Waals surface area contributed by atoms with Gasteiger partial charge in [0.2, 0.25) is 11.7 Å². The molecule has 0 aromatic carbocycles. The van der Waals surface area contributed by atoms with Gasteiger partial charge in [-0.05, 0) is 63.2 Å². The van der Waals surface area contributed by atoms with Crippen LogP contribution in [0.1, 0.15) is 48.4 Å². The number of pyridine rings is 2. The molecule has 1 aliphatic carbocycles. The maximum atomic E-state index is 13.1. The van der Waals surface area contributed by atoms with Crippen LogP contribution in [-0.2, 0) is 9.53 Å². The predicted octanol–water partition coefficient (Wildman–Crippen LogP) is 2.73. The molecule has 3 aromatic rings. The van der Waals surface area contributed by atoms with Crippen LogP contribution in [0, 0.1) is 12.3 Å². The Bertz CT molecular complexity index is 1340. The Morgan fingerprint density at radius 1 is 1.03 bits per heavy atom. The van der Waals surface area contributed by atoms with Gasteiger partial charge in [-0.15, -0.1) is 10.2 Å². The molecule has 2 N–H and O–H groups in total. The summed E-state index contributed by atoms with van der Waals surface area (Å²) >= 11 is 0. The van der Waals surface area contributed by atoms with Crippen molar-refractivity contribution in [2.45, 2.75) is 39.0 Å². The van der Waals surface area contributed by atoms with Crippen LogP contribution in [-0.4, -0.2) is 82.2 Å². The topological polar surface area (TPSA) is 117 Å². The van der Waals surface area contributed by atoms with E-state index in [0.717, 1.165) is 31.9 Å². The summed E-state index contributed by atoms with van der Waals surface area (Å²) in [5.41, 5.74) is 3.87. The molecule has 11 heteroatoms. The van der Waals surface area contributed by atoms with Gasteiger partial charge in [0.1, 0.15) is 0 Å². The molecule has 2 saturated heterocycles. The maximum Gasteiger partial charge on any atom is 0.294 e. The van der Waals surface area contributed by atoms with E-state index < -0.39 is 5.91 Å². The van der Waals surface area contributed by atoms with E-state index in [9.17, 15) is 9.59 Å². The van der Waals surface area contributed by atoms with Gasteiger partial charge in [-0.1, -0.05) is 6.42 Å². The van der Waals surface area contributed by atoms with Crippen molar-refractivity contribution < 1.29 is 14.3 Å². The highest BCUT2D eigenvalue weighted by molar-refractivity contribution is 6.03. The quantitative estimate of drug-likeness (QED) is 0.512. The zero-order valence-corrected chi connectivity index (χ0v) is 21.8. The first-order valence-corrected chi connectivity index (χ1v) is 13.5. The van der Waals surface area contributed by atoms with Crippen LogP contribution in [0.5, 0.6) is 0 Å². The molecule has 0 bridgehead atoms. The smallest absolute Gasteiger partial charge is 0.294 e. The standard InChI is InChI=1S/C27H34N8O3/c1-19-22(15-20(17-28-19)29-24(36)18-33-9-6-27(7-10-33)4-2-5-27)30-26(37)25-32-31-23-16-21(3-8-35(23)25)34-11-13-38-14-12-34/h3,8,15-17H,2,4-7,9-14,18H2,1H3,(H,29,36)(H,30,37). The SMILES string of the molecule is Cc1ncc(NC(=O)CN2CCC3(CCC3)CC2)cc1NC(=O)c1nnc2cc(N3CCOCC3)ccn12. The molecule has 3 fully saturated rings. The summed E-state index contributed by atoms with van der Waals surface area (Å²) in [6.07, 6.45) is 9.84. The molecule has 6 rings (SSSR count). The minimum absolute atomic E-state index is 0.0722. The Hall–Kier alpha value is -3.57. The van der Waals surface area contributed by atoms with E-state index in [1.54, 1.807) is 16.7 Å². The Balaban J connectivity index is 1.09. The summed E-state index contributed by atoms with van der Waals surface area (Å²) in [5, 5.41) is 14.2. The molecule has 200 valence electrons. The number of carbonyl (C=O) groups is 2. The van der Waals surface area contributed by atoms with Crippen molar-refractivity contribution in [3.8, 4) is 0 Å². The molecule has 2 amide bonds. The molecule has 2 aliphatic heterocycles. The summed E-state index contributed by atoms with van der Waals surface area (Å²) in [7, 11) is 0. The lowest BCUT2D eigenvalue weighted by Gasteiger charge is -2.47. The summed E-state index contributed by atoms with van der Waals surface area (Å²) < 4.78 is 7.10. The number of anilines is 3. The highest BCUT2D eigenvalue weighted by atomic mass is 16.5. The van der Waals surface area contributed by atoms with Gasteiger partial charge in [0.25, 0.3) is 5.91 Å². The van der Waals surface area contributed by atoms with Crippen LogP contribution in [0.25, 0.3) is 5.65 Å². The normalized spacial score (nSPS) is 19.3. The molecule has 38 heavy (non-hydrogen) atoms. The van der Waals surface area contributed by atoms with E-state index in [1.165, 1.54) is 32.1 Å². The van der Waals surface area contributed by atoms with Crippen molar-refractivity contribution in [3.05, 3.63) is 42.1 Å². The van der Waals surface area contributed by atoms with Gasteiger partial charge in [-0.25, -0.2) is 0 Å². The second-order valence-corrected chi connectivity index (χ2v) is 10.7. The van der Waals surface area contributed by atoms with Gasteiger partial charge in [-0.3, -0.25) is 23.9 Å². The van der Waals surface area contributed by atoms with E-state index in [0.29, 0.717) is 47.9 Å². The molecule has 3 aromatic heterocycles. The van der Waals surface area contributed by atoms with E-state index >= 15 is 0 Å². The first kappa shape index (κ1) is 24.7. The second kappa shape index (κ2) is 10.3. The summed E-state index contributed by atoms with van der Waals surface area (Å²) in [6.45, 7) is 7.13. The molecule has 0 radical (unpaired) electrons. The summed E-state index contributed by atoms with van der Waals surface area (Å²) in [4.78, 5) is 34.7. The number of likely N-dealkylation sites (tertiary alicyclic amines) is 1. The Morgan fingerprint density at radius 2 is 1.82 bits per heavy atom. The van der Waals surface area contributed by atoms with Crippen LogP contribution >= 0.6 is 0 Å². The Morgan fingerprint density at radius 3 is 2.55 bits per heavy atom. The zero-order valence-electron chi connectivity index (χ0n) is 21.8. The monoisotopic (exact) mass is 518 g/mol. The van der Waals surface area contributed by atoms with Crippen LogP contribution in [0.2, 0.25) is 0 Å². The molecular weight excluding hydrogens is 484 g/mol. The molecular formula is C27H34N8O3. The molecule has 1 saturated carbocycles. The number of ether oxygens (including phenoxy) is 1. The number of aromatic nitrogens is 4. The zero-order chi connectivity index (χ0) is 26.1. The fourth-order valence-electron chi connectivity index (χ4n) is 5.73. The van der Waals surface area contributed by atoms with E-state index in [-0.39, 0.29) is 11.7 Å². The molecule has 3 aliphatic rings. The third-order valence-electron chi connectivity index (χ3n) is 8.29. The third kappa shape index (κ3) is 5.08. The molecule has 1 spiro atoms. The first-order valence-electron chi connectivity index (χ1n) is 13.5. The second-order valence-electron chi connectivity index (χ2n) is 10.7. The minimum Gasteiger partial charge on any atom is -0.378 e. The number of carbonyl (C=O) groups excluding carboxylic acids is 2. The van der Waals surface area contributed by atoms with Crippen molar-refractivity contribution >= 4 is 34.5 Å². The van der Waals surface area contributed by atoms with Crippen molar-refractivity contribution in [1.82, 2.24) is 24.5 Å². The van der Waals surface area contributed by atoms with Gasteiger partial charge < -0.3 is 20.3 Å². The average molecular weight is 519 g/mol. The number of nitrogens with one attached hydrogen (secondary N) is 2. The van der Waals surface area contributed by atoms with Crippen LogP contribution in [0.3, 0.4) is 0 Å². The van der Waals surface area contributed by atoms with Crippen LogP contribution in [0.4, 0.5) is 17.1 Å². The minimum atomic E-state index is -0.400. The molecule has 11 nitrogen and oxygen atoms in total. The lowest BCUT2D eigenvalue weighted by molar-refractivity contribution is -0.118. The molecule has 0 atom stereocenters. The maximum absolute atomic E-state index is 13.1. The first-order chi connectivity index (χ1) is 18.5. The van der Waals surface area contributed by atoms with Crippen molar-refractivity contribution in [3.63, 3.8) is 0 Å². The van der Waals surface area contributed by atoms with Gasteiger partial charge >= 0.3 is 0 Å². The number of fused-ring (bicyclic) bond motifs is 1. The number of nitrogens with zero attached hydrogens (tertiary/aromatic N) is 6. The number of hydrogen-bond donors (Lipinski definition) is 2. The number of amides is 2. The van der Waals surface area contributed by atoms with Crippen molar-refractivity contribution in [2.24, 2.45) is 5.41 Å². The van der Waals surface area contributed by atoms with Crippen LogP contribution < -0.4 is 15.5 Å². The number of rotatable bonds is 6. The van der Waals surface area contributed by atoms with Gasteiger partial charge in [0.15, 0.2) is 5.65 Å². The molecule has 0 unspecified atom stereocenters. The summed E-state index contributed by atoms with van der Waals surface area (Å²) in [5.74, 6) is -0.294. The van der Waals surface area contributed by atoms with Crippen molar-refractivity contribution in [2.75, 3.05) is 61.5 Å². The predicted molar refractivity (Wildman–Crippen MR) is 144 cm³/mol. The fourth-order valence-corrected chi connectivity index (χ4v) is 5.73. The lowest BCUT2D eigenvalue weighted by Crippen LogP contribution is -2.45. The number of hydrogen-bond acceptors (Lipinski definition) is 8. The fraction of sp³-hybridized carbons (Fsp3) is 0.519. The number of piperidine rings is 1. The Labute approximate surface area is 221 Å². The molecule has 5 heterocycles. The number of aryl methyl sites for hydroxylation is 1. The number of morpholine rings is 1. The summed E-state index contributed by atoms with van der Waals surface area (Å²) in [6, 6.07) is 5.61. The highest BCUT2D eigenvalue weighted by Crippen LogP contribution is 2.48. The van der Waals surface area contributed by atoms with E-state index in [4.69, 9.17) is 4.74 Å². The third-order valence-corrected chi connectivity index (χ3v) is 8.29. The van der Waals surface area contributed by atoms with Gasteiger partial charge in [0, 0.05) is 31.0 Å². The lowest BCUT2D eigenvalue weighted by atomic mass is 9.63. The van der Waals surface area contributed by atoms with E-state index in [2.05, 4.69) is 35.6 Å². The average Bonchev–Trinajstić information content (AvgIpc) is 3.34. The highest BCUT2D eigenvalue weighted by Gasteiger charge is 2.39. The largest absolute Gasteiger partial charge is 0.378 e. The van der Waals surface area contributed by atoms with Gasteiger partial charge in [-0.2, -0.15) is 0 Å². The van der Waals surface area contributed by atoms with E-state index in [1.807, 2.05) is 25.3 Å². The van der Waals surface area contributed by atoms with Crippen LogP contribution in [0.15, 0.2) is 30.6 Å². The van der Waals surface area contributed by atoms with Gasteiger partial charge in [0.05, 0.1) is 43.0 Å². The van der Waals surface area contributed by atoms with Crippen molar-refractivity contribution in [1.29, 1.82) is 0 Å².